The minimum Gasteiger partial charge on any atom is -0.453 e. The van der Waals surface area contributed by atoms with Crippen LogP contribution in [-0.2, 0) is 16.0 Å². The van der Waals surface area contributed by atoms with Crippen LogP contribution in [-0.4, -0.2) is 30.3 Å². The zero-order valence-electron chi connectivity index (χ0n) is 13.9. The Balaban J connectivity index is 1.84. The molecule has 7 heteroatoms. The molecule has 1 aromatic heterocycles. The molecule has 0 spiro atoms. The number of furan rings is 1. The van der Waals surface area contributed by atoms with E-state index in [1.807, 2.05) is 19.1 Å². The van der Waals surface area contributed by atoms with Gasteiger partial charge in [-0.3, -0.25) is 14.4 Å². The molecule has 0 unspecified atom stereocenters. The number of rotatable bonds is 7. The van der Waals surface area contributed by atoms with E-state index in [1.165, 1.54) is 13.0 Å². The number of hydrogen-bond donors (Lipinski definition) is 1. The second-order valence-electron chi connectivity index (χ2n) is 5.33. The third kappa shape index (κ3) is 5.29. The highest BCUT2D eigenvalue weighted by atomic mass is 79.9. The number of esters is 1. The van der Waals surface area contributed by atoms with E-state index in [9.17, 15) is 14.4 Å². The number of benzene rings is 1. The highest BCUT2D eigenvalue weighted by molar-refractivity contribution is 9.10. The van der Waals surface area contributed by atoms with Crippen LogP contribution in [0.5, 0.6) is 0 Å². The number of carbonyl (C=O) groups is 3. The molecule has 0 bridgehead atoms. The predicted molar refractivity (Wildman–Crippen MR) is 94.4 cm³/mol. The van der Waals surface area contributed by atoms with E-state index >= 15 is 0 Å². The van der Waals surface area contributed by atoms with Gasteiger partial charge < -0.3 is 14.5 Å². The number of hydrogen-bond acceptors (Lipinski definition) is 5. The van der Waals surface area contributed by atoms with Crippen LogP contribution >= 0.6 is 15.9 Å². The van der Waals surface area contributed by atoms with Gasteiger partial charge in [0.25, 0.3) is 5.91 Å². The fourth-order valence-corrected chi connectivity index (χ4v) is 2.41. The molecule has 0 saturated carbocycles. The van der Waals surface area contributed by atoms with E-state index in [0.29, 0.717) is 10.2 Å². The van der Waals surface area contributed by atoms with Crippen molar-refractivity contribution in [2.75, 3.05) is 6.54 Å². The highest BCUT2D eigenvalue weighted by Gasteiger charge is 2.20. The molecule has 6 nitrogen and oxygen atoms in total. The van der Waals surface area contributed by atoms with Crippen LogP contribution in [0.25, 0.3) is 0 Å². The molecule has 0 saturated heterocycles. The molecule has 0 fully saturated rings. The summed E-state index contributed by atoms with van der Waals surface area (Å²) in [6.45, 7) is 3.17. The van der Waals surface area contributed by atoms with Crippen molar-refractivity contribution >= 4 is 33.6 Å². The molecule has 0 aliphatic heterocycles. The van der Waals surface area contributed by atoms with E-state index in [-0.39, 0.29) is 18.1 Å². The van der Waals surface area contributed by atoms with Gasteiger partial charge in [0, 0.05) is 5.56 Å². The average Bonchev–Trinajstić information content (AvgIpc) is 3.05. The van der Waals surface area contributed by atoms with Gasteiger partial charge in [0.1, 0.15) is 6.54 Å². The summed E-state index contributed by atoms with van der Waals surface area (Å²) in [5, 5.41) is 2.37. The molecular weight excluding hydrogens is 390 g/mol. The molecule has 1 aromatic carbocycles. The number of carbonyl (C=O) groups excluding carboxylic acids is 3. The van der Waals surface area contributed by atoms with E-state index in [4.69, 9.17) is 9.15 Å². The molecule has 0 radical (unpaired) electrons. The summed E-state index contributed by atoms with van der Waals surface area (Å²) >= 11 is 3.08. The van der Waals surface area contributed by atoms with Crippen LogP contribution in [0.4, 0.5) is 0 Å². The summed E-state index contributed by atoms with van der Waals surface area (Å²) in [6, 6.07) is 10.2. The molecule has 25 heavy (non-hydrogen) atoms. The number of halogens is 1. The Labute approximate surface area is 153 Å². The van der Waals surface area contributed by atoms with Crippen LogP contribution in [0.2, 0.25) is 0 Å². The standard InChI is InChI=1S/C18H18BrNO5/c1-3-12-4-6-13(7-5-12)17(22)11(2)24-16(21)10-20-18(23)14-8-9-15(19)25-14/h4-9,11H,3,10H2,1-2H3,(H,20,23)/t11-/m0/s1. The Morgan fingerprint density at radius 2 is 1.84 bits per heavy atom. The fraction of sp³-hybridized carbons (Fsp3) is 0.278. The molecular formula is C18H18BrNO5. The zero-order chi connectivity index (χ0) is 18.4. The number of aryl methyl sites for hydroxylation is 1. The first-order chi connectivity index (χ1) is 11.9. The van der Waals surface area contributed by atoms with Gasteiger partial charge in [0.2, 0.25) is 5.78 Å². The molecule has 0 aliphatic rings. The van der Waals surface area contributed by atoms with Crippen molar-refractivity contribution < 1.29 is 23.5 Å². The summed E-state index contributed by atoms with van der Waals surface area (Å²) in [7, 11) is 0. The quantitative estimate of drug-likeness (QED) is 0.562. The Bertz CT molecular complexity index is 766. The van der Waals surface area contributed by atoms with Gasteiger partial charge in [0.15, 0.2) is 16.5 Å². The topological polar surface area (TPSA) is 85.6 Å². The van der Waals surface area contributed by atoms with Crippen LogP contribution in [0.1, 0.15) is 40.3 Å². The summed E-state index contributed by atoms with van der Waals surface area (Å²) in [6.07, 6.45) is -0.0556. The van der Waals surface area contributed by atoms with Crippen LogP contribution < -0.4 is 5.32 Å². The van der Waals surface area contributed by atoms with Gasteiger partial charge in [-0.2, -0.15) is 0 Å². The third-order valence-corrected chi connectivity index (χ3v) is 3.94. The smallest absolute Gasteiger partial charge is 0.326 e. The summed E-state index contributed by atoms with van der Waals surface area (Å²) in [5.74, 6) is -1.47. The molecule has 1 amide bonds. The minimum absolute atomic E-state index is 0.0693. The van der Waals surface area contributed by atoms with Crippen LogP contribution in [0, 0.1) is 0 Å². The first kappa shape index (κ1) is 18.9. The predicted octanol–water partition coefficient (Wildman–Crippen LogP) is 3.15. The van der Waals surface area contributed by atoms with Gasteiger partial charge >= 0.3 is 5.97 Å². The molecule has 1 N–H and O–H groups in total. The zero-order valence-corrected chi connectivity index (χ0v) is 15.5. The van der Waals surface area contributed by atoms with Crippen LogP contribution in [0.3, 0.4) is 0 Å². The Hall–Kier alpha value is -2.41. The minimum atomic E-state index is -0.936. The van der Waals surface area contributed by atoms with Gasteiger partial charge in [-0.1, -0.05) is 31.2 Å². The van der Waals surface area contributed by atoms with Crippen molar-refractivity contribution in [1.29, 1.82) is 0 Å². The molecule has 132 valence electrons. The second kappa shape index (κ2) is 8.62. The van der Waals surface area contributed by atoms with E-state index in [2.05, 4.69) is 21.2 Å². The SMILES string of the molecule is CCc1ccc(C(=O)[C@H](C)OC(=O)CNC(=O)c2ccc(Br)o2)cc1. The number of ether oxygens (including phenoxy) is 1. The largest absolute Gasteiger partial charge is 0.453 e. The number of ketones is 1. The molecule has 2 aromatic rings. The molecule has 1 heterocycles. The maximum atomic E-state index is 12.3. The first-order valence-corrected chi connectivity index (χ1v) is 8.56. The molecule has 1 atom stereocenters. The van der Waals surface area contributed by atoms with E-state index in [0.717, 1.165) is 12.0 Å². The van der Waals surface area contributed by atoms with Gasteiger partial charge in [-0.05, 0) is 47.0 Å². The number of amides is 1. The summed E-state index contributed by atoms with van der Waals surface area (Å²) in [5.41, 5.74) is 1.59. The summed E-state index contributed by atoms with van der Waals surface area (Å²) < 4.78 is 10.6. The Kier molecular flexibility index (Phi) is 6.52. The first-order valence-electron chi connectivity index (χ1n) is 7.77. The van der Waals surface area contributed by atoms with Crippen molar-refractivity contribution in [2.45, 2.75) is 26.4 Å². The lowest BCUT2D eigenvalue weighted by Gasteiger charge is -2.13. The van der Waals surface area contributed by atoms with Crippen molar-refractivity contribution in [1.82, 2.24) is 5.32 Å². The normalized spacial score (nSPS) is 11.6. The van der Waals surface area contributed by atoms with Crippen molar-refractivity contribution in [3.05, 3.63) is 58.0 Å². The van der Waals surface area contributed by atoms with Crippen molar-refractivity contribution in [3.63, 3.8) is 0 Å². The van der Waals surface area contributed by atoms with Crippen LogP contribution in [0.15, 0.2) is 45.5 Å². The Morgan fingerprint density at radius 1 is 1.16 bits per heavy atom. The lowest BCUT2D eigenvalue weighted by atomic mass is 10.0. The number of nitrogens with one attached hydrogen (secondary N) is 1. The van der Waals surface area contributed by atoms with Gasteiger partial charge in [-0.15, -0.1) is 0 Å². The maximum Gasteiger partial charge on any atom is 0.326 e. The fourth-order valence-electron chi connectivity index (χ4n) is 2.11. The Morgan fingerprint density at radius 3 is 2.40 bits per heavy atom. The lowest BCUT2D eigenvalue weighted by molar-refractivity contribution is -0.145. The maximum absolute atomic E-state index is 12.3. The van der Waals surface area contributed by atoms with Crippen molar-refractivity contribution in [3.8, 4) is 0 Å². The van der Waals surface area contributed by atoms with Gasteiger partial charge in [0.05, 0.1) is 0 Å². The molecule has 0 aliphatic carbocycles. The summed E-state index contributed by atoms with van der Waals surface area (Å²) in [4.78, 5) is 35.8. The van der Waals surface area contributed by atoms with Gasteiger partial charge in [-0.25, -0.2) is 0 Å². The third-order valence-electron chi connectivity index (χ3n) is 3.51. The lowest BCUT2D eigenvalue weighted by Crippen LogP contribution is -2.33. The van der Waals surface area contributed by atoms with E-state index in [1.54, 1.807) is 18.2 Å². The average molecular weight is 408 g/mol. The van der Waals surface area contributed by atoms with E-state index < -0.39 is 18.0 Å². The highest BCUT2D eigenvalue weighted by Crippen LogP contribution is 2.13. The number of Topliss-reactive ketones (excluding diaryl/α,β-unsaturated/α-hetero) is 1. The molecule has 2 rings (SSSR count). The second-order valence-corrected chi connectivity index (χ2v) is 6.11. The monoisotopic (exact) mass is 407 g/mol. The van der Waals surface area contributed by atoms with Crippen molar-refractivity contribution in [2.24, 2.45) is 0 Å².